The van der Waals surface area contributed by atoms with E-state index in [0.717, 1.165) is 30.9 Å². The number of carbonyl (C=O) groups is 2. The van der Waals surface area contributed by atoms with Gasteiger partial charge in [-0.3, -0.25) is 9.59 Å². The Hall–Kier alpha value is -2.82. The van der Waals surface area contributed by atoms with Gasteiger partial charge in [-0.05, 0) is 49.1 Å². The topological polar surface area (TPSA) is 43.9 Å². The maximum Gasteiger partial charge on any atom is 0.232 e. The van der Waals surface area contributed by atoms with Crippen molar-refractivity contribution in [1.82, 2.24) is 0 Å². The van der Waals surface area contributed by atoms with Gasteiger partial charge < -0.3 is 14.7 Å². The first kappa shape index (κ1) is 17.3. The van der Waals surface area contributed by atoms with Gasteiger partial charge in [0, 0.05) is 49.7 Å². The van der Waals surface area contributed by atoms with E-state index < -0.39 is 0 Å². The van der Waals surface area contributed by atoms with Gasteiger partial charge in [-0.25, -0.2) is 0 Å². The fourth-order valence-corrected chi connectivity index (χ4v) is 4.72. The van der Waals surface area contributed by atoms with Crippen molar-refractivity contribution in [2.75, 3.05) is 40.9 Å². The van der Waals surface area contributed by atoms with Crippen LogP contribution in [0.5, 0.6) is 0 Å². The second-order valence-electron chi connectivity index (χ2n) is 7.99. The Kier molecular flexibility index (Phi) is 4.30. The van der Waals surface area contributed by atoms with E-state index in [9.17, 15) is 9.59 Å². The van der Waals surface area contributed by atoms with Crippen molar-refractivity contribution in [2.45, 2.75) is 25.7 Å². The maximum absolute atomic E-state index is 13.3. The van der Waals surface area contributed by atoms with Gasteiger partial charge in [0.15, 0.2) is 0 Å². The van der Waals surface area contributed by atoms with Crippen LogP contribution in [-0.2, 0) is 16.0 Å². The van der Waals surface area contributed by atoms with Crippen LogP contribution in [0.15, 0.2) is 48.5 Å². The molecule has 0 N–H and O–H groups in total. The Bertz CT molecular complexity index is 905. The molecule has 5 rings (SSSR count). The Balaban J connectivity index is 1.36. The van der Waals surface area contributed by atoms with Crippen LogP contribution in [0.4, 0.5) is 17.1 Å². The van der Waals surface area contributed by atoms with Crippen LogP contribution in [0, 0.1) is 5.92 Å². The van der Waals surface area contributed by atoms with Crippen LogP contribution in [-0.4, -0.2) is 38.0 Å². The van der Waals surface area contributed by atoms with E-state index >= 15 is 0 Å². The molecule has 0 aliphatic carbocycles. The second-order valence-corrected chi connectivity index (χ2v) is 7.99. The molecule has 5 nitrogen and oxygen atoms in total. The van der Waals surface area contributed by atoms with Crippen molar-refractivity contribution in [1.29, 1.82) is 0 Å². The molecule has 0 saturated carbocycles. The first-order valence-electron chi connectivity index (χ1n) is 10.3. The van der Waals surface area contributed by atoms with Gasteiger partial charge in [-0.15, -0.1) is 0 Å². The maximum atomic E-state index is 13.3. The highest BCUT2D eigenvalue weighted by molar-refractivity contribution is 6.05. The second kappa shape index (κ2) is 6.97. The smallest absolute Gasteiger partial charge is 0.232 e. The lowest BCUT2D eigenvalue weighted by Crippen LogP contribution is -2.36. The molecule has 28 heavy (non-hydrogen) atoms. The molecule has 3 aliphatic heterocycles. The van der Waals surface area contributed by atoms with Gasteiger partial charge in [-0.2, -0.15) is 0 Å². The van der Waals surface area contributed by atoms with Crippen LogP contribution >= 0.6 is 0 Å². The molecule has 144 valence electrons. The van der Waals surface area contributed by atoms with Crippen molar-refractivity contribution in [2.24, 2.45) is 5.92 Å². The SMILES string of the molecule is O=C1CC(C(=O)N2CCc3ccc(N4CCCC4)cc32)CN1c1ccccc1. The quantitative estimate of drug-likeness (QED) is 0.827. The van der Waals surface area contributed by atoms with Gasteiger partial charge >= 0.3 is 0 Å². The first-order chi connectivity index (χ1) is 13.7. The highest BCUT2D eigenvalue weighted by Gasteiger charge is 2.39. The van der Waals surface area contributed by atoms with Gasteiger partial charge in [-0.1, -0.05) is 24.3 Å². The number of rotatable bonds is 3. The fraction of sp³-hybridized carbons (Fsp3) is 0.391. The largest absolute Gasteiger partial charge is 0.371 e. The summed E-state index contributed by atoms with van der Waals surface area (Å²) in [6.45, 7) is 3.37. The van der Waals surface area contributed by atoms with Gasteiger partial charge in [0.1, 0.15) is 0 Å². The summed E-state index contributed by atoms with van der Waals surface area (Å²) < 4.78 is 0. The summed E-state index contributed by atoms with van der Waals surface area (Å²) in [5.41, 5.74) is 4.37. The zero-order valence-electron chi connectivity index (χ0n) is 16.0. The van der Waals surface area contributed by atoms with E-state index in [2.05, 4.69) is 23.1 Å². The van der Waals surface area contributed by atoms with E-state index in [1.54, 1.807) is 4.90 Å². The Morgan fingerprint density at radius 3 is 2.50 bits per heavy atom. The predicted molar refractivity (Wildman–Crippen MR) is 111 cm³/mol. The van der Waals surface area contributed by atoms with Gasteiger partial charge in [0.2, 0.25) is 11.8 Å². The normalized spacial score (nSPS) is 21.5. The number of amides is 2. The molecule has 3 aliphatic rings. The van der Waals surface area contributed by atoms with Crippen molar-refractivity contribution in [3.8, 4) is 0 Å². The zero-order chi connectivity index (χ0) is 19.1. The van der Waals surface area contributed by atoms with E-state index in [1.807, 2.05) is 35.2 Å². The highest BCUT2D eigenvalue weighted by atomic mass is 16.2. The summed E-state index contributed by atoms with van der Waals surface area (Å²) in [5.74, 6) is -0.145. The summed E-state index contributed by atoms with van der Waals surface area (Å²) in [7, 11) is 0. The number of nitrogens with zero attached hydrogens (tertiary/aromatic N) is 3. The van der Waals surface area contributed by atoms with Crippen LogP contribution in [0.2, 0.25) is 0 Å². The van der Waals surface area contributed by atoms with E-state index in [-0.39, 0.29) is 17.7 Å². The third-order valence-electron chi connectivity index (χ3n) is 6.24. The minimum atomic E-state index is -0.269. The number of hydrogen-bond donors (Lipinski definition) is 0. The molecular weight excluding hydrogens is 350 g/mol. The lowest BCUT2D eigenvalue weighted by Gasteiger charge is -2.24. The minimum absolute atomic E-state index is 0.0368. The van der Waals surface area contributed by atoms with Gasteiger partial charge in [0.05, 0.1) is 5.92 Å². The molecule has 5 heteroatoms. The third kappa shape index (κ3) is 2.95. The van der Waals surface area contributed by atoms with Crippen LogP contribution in [0.1, 0.15) is 24.8 Å². The number of benzene rings is 2. The molecule has 0 radical (unpaired) electrons. The van der Waals surface area contributed by atoms with Crippen LogP contribution in [0.25, 0.3) is 0 Å². The molecule has 1 atom stereocenters. The van der Waals surface area contributed by atoms with Crippen LogP contribution < -0.4 is 14.7 Å². The molecule has 2 aromatic rings. The molecule has 2 fully saturated rings. The summed E-state index contributed by atoms with van der Waals surface area (Å²) in [6, 6.07) is 16.2. The van der Waals surface area contributed by atoms with E-state index in [4.69, 9.17) is 0 Å². The lowest BCUT2D eigenvalue weighted by molar-refractivity contribution is -0.124. The first-order valence-corrected chi connectivity index (χ1v) is 10.3. The summed E-state index contributed by atoms with van der Waals surface area (Å²) in [5, 5.41) is 0. The molecule has 3 heterocycles. The molecule has 0 bridgehead atoms. The molecule has 0 aromatic heterocycles. The fourth-order valence-electron chi connectivity index (χ4n) is 4.72. The standard InChI is InChI=1S/C23H25N3O2/c27-22-14-18(16-26(22)19-6-2-1-3-7-19)23(28)25-13-10-17-8-9-20(15-21(17)25)24-11-4-5-12-24/h1-3,6-9,15,18H,4-5,10-14,16H2. The number of hydrogen-bond acceptors (Lipinski definition) is 3. The average Bonchev–Trinajstić information content (AvgIpc) is 3.47. The molecule has 2 amide bonds. The van der Waals surface area contributed by atoms with Crippen LogP contribution in [0.3, 0.4) is 0 Å². The predicted octanol–water partition coefficient (Wildman–Crippen LogP) is 3.23. The monoisotopic (exact) mass is 375 g/mol. The molecular formula is C23H25N3O2. The number of carbonyl (C=O) groups excluding carboxylic acids is 2. The summed E-state index contributed by atoms with van der Waals surface area (Å²) >= 11 is 0. The minimum Gasteiger partial charge on any atom is -0.371 e. The number of anilines is 3. The Labute approximate surface area is 165 Å². The highest BCUT2D eigenvalue weighted by Crippen LogP contribution is 2.36. The van der Waals surface area contributed by atoms with Crippen molar-refractivity contribution >= 4 is 28.9 Å². The number of para-hydroxylation sites is 1. The lowest BCUT2D eigenvalue weighted by atomic mass is 10.1. The Morgan fingerprint density at radius 1 is 0.929 bits per heavy atom. The number of fused-ring (bicyclic) bond motifs is 1. The molecule has 1 unspecified atom stereocenters. The molecule has 0 spiro atoms. The third-order valence-corrected chi connectivity index (χ3v) is 6.24. The Morgan fingerprint density at radius 2 is 1.71 bits per heavy atom. The summed E-state index contributed by atoms with van der Waals surface area (Å²) in [6.07, 6.45) is 3.66. The molecule has 2 aromatic carbocycles. The van der Waals surface area contributed by atoms with Crippen molar-refractivity contribution < 1.29 is 9.59 Å². The summed E-state index contributed by atoms with van der Waals surface area (Å²) in [4.78, 5) is 31.9. The van der Waals surface area contributed by atoms with Crippen molar-refractivity contribution in [3.05, 3.63) is 54.1 Å². The van der Waals surface area contributed by atoms with E-state index in [1.165, 1.54) is 24.1 Å². The zero-order valence-corrected chi connectivity index (χ0v) is 16.0. The van der Waals surface area contributed by atoms with Crippen molar-refractivity contribution in [3.63, 3.8) is 0 Å². The van der Waals surface area contributed by atoms with Gasteiger partial charge in [0.25, 0.3) is 0 Å². The molecule has 2 saturated heterocycles. The van der Waals surface area contributed by atoms with E-state index in [0.29, 0.717) is 19.5 Å². The average molecular weight is 375 g/mol.